The van der Waals surface area contributed by atoms with Crippen molar-refractivity contribution in [1.82, 2.24) is 0 Å². The van der Waals surface area contributed by atoms with Crippen molar-refractivity contribution in [1.29, 1.82) is 5.26 Å². The van der Waals surface area contributed by atoms with Crippen molar-refractivity contribution >= 4 is 11.6 Å². The van der Waals surface area contributed by atoms with Gasteiger partial charge in [-0.3, -0.25) is 4.79 Å². The van der Waals surface area contributed by atoms with Gasteiger partial charge in [0.05, 0.1) is 0 Å². The van der Waals surface area contributed by atoms with Gasteiger partial charge in [-0.1, -0.05) is 0 Å². The maximum absolute atomic E-state index is 11.5. The summed E-state index contributed by atoms with van der Waals surface area (Å²) in [7, 11) is 0. The predicted molar refractivity (Wildman–Crippen MR) is 69.1 cm³/mol. The summed E-state index contributed by atoms with van der Waals surface area (Å²) in [6.45, 7) is 0.628. The van der Waals surface area contributed by atoms with Gasteiger partial charge in [0.25, 0.3) is 0 Å². The minimum absolute atomic E-state index is 0.0186. The molecule has 0 fully saturated rings. The molecule has 0 aliphatic rings. The third-order valence-electron chi connectivity index (χ3n) is 2.30. The molecule has 0 aliphatic heterocycles. The quantitative estimate of drug-likeness (QED) is 0.717. The van der Waals surface area contributed by atoms with E-state index >= 15 is 0 Å². The zero-order chi connectivity index (χ0) is 13.2. The van der Waals surface area contributed by atoms with Gasteiger partial charge in [-0.25, -0.2) is 0 Å². The normalized spacial score (nSPS) is 9.56. The molecular weight excluding hydrogens is 230 g/mol. The van der Waals surface area contributed by atoms with Crippen LogP contribution in [0, 0.1) is 11.3 Å². The molecule has 0 radical (unpaired) electrons. The number of amides is 1. The van der Waals surface area contributed by atoms with Crippen LogP contribution < -0.4 is 15.8 Å². The SMILES string of the molecule is N#CCOc1ccc(NC(=O)CCCCN)cc1. The topological polar surface area (TPSA) is 88.1 Å². The van der Waals surface area contributed by atoms with Crippen LogP contribution in [0.5, 0.6) is 5.75 Å². The molecule has 5 heteroatoms. The summed E-state index contributed by atoms with van der Waals surface area (Å²) in [5.41, 5.74) is 6.07. The number of rotatable bonds is 7. The lowest BCUT2D eigenvalue weighted by Crippen LogP contribution is -2.11. The standard InChI is InChI=1S/C13H17N3O2/c14-8-2-1-3-13(17)16-11-4-6-12(7-5-11)18-10-9-15/h4-7H,1-3,8,10,14H2,(H,16,17). The Labute approximate surface area is 107 Å². The van der Waals surface area contributed by atoms with Crippen molar-refractivity contribution in [3.63, 3.8) is 0 Å². The summed E-state index contributed by atoms with van der Waals surface area (Å²) in [6, 6.07) is 8.81. The molecule has 5 nitrogen and oxygen atoms in total. The van der Waals surface area contributed by atoms with Gasteiger partial charge in [-0.15, -0.1) is 0 Å². The molecule has 0 heterocycles. The number of ether oxygens (including phenoxy) is 1. The van der Waals surface area contributed by atoms with E-state index in [1.165, 1.54) is 0 Å². The molecule has 1 aromatic rings. The van der Waals surface area contributed by atoms with Crippen LogP contribution >= 0.6 is 0 Å². The fourth-order valence-corrected chi connectivity index (χ4v) is 1.40. The van der Waals surface area contributed by atoms with E-state index in [1.807, 2.05) is 6.07 Å². The van der Waals surface area contributed by atoms with Crippen molar-refractivity contribution in [2.24, 2.45) is 5.73 Å². The van der Waals surface area contributed by atoms with Crippen LogP contribution in [0.25, 0.3) is 0 Å². The lowest BCUT2D eigenvalue weighted by Gasteiger charge is -2.06. The second-order valence-electron chi connectivity index (χ2n) is 3.77. The fourth-order valence-electron chi connectivity index (χ4n) is 1.40. The first-order chi connectivity index (χ1) is 8.76. The Morgan fingerprint density at radius 3 is 2.67 bits per heavy atom. The lowest BCUT2D eigenvalue weighted by molar-refractivity contribution is -0.116. The Morgan fingerprint density at radius 1 is 1.33 bits per heavy atom. The zero-order valence-electron chi connectivity index (χ0n) is 10.2. The summed E-state index contributed by atoms with van der Waals surface area (Å²) in [4.78, 5) is 11.5. The number of nitrogens with one attached hydrogen (secondary N) is 1. The average Bonchev–Trinajstić information content (AvgIpc) is 2.38. The number of benzene rings is 1. The van der Waals surface area contributed by atoms with Gasteiger partial charge in [0.2, 0.25) is 5.91 Å². The van der Waals surface area contributed by atoms with Crippen LogP contribution in [-0.4, -0.2) is 19.1 Å². The Hall–Kier alpha value is -2.06. The summed E-state index contributed by atoms with van der Waals surface area (Å²) in [6.07, 6.45) is 2.13. The molecule has 0 atom stereocenters. The highest BCUT2D eigenvalue weighted by molar-refractivity contribution is 5.90. The molecule has 0 unspecified atom stereocenters. The molecule has 18 heavy (non-hydrogen) atoms. The minimum Gasteiger partial charge on any atom is -0.479 e. The molecule has 0 saturated carbocycles. The van der Waals surface area contributed by atoms with Crippen LogP contribution in [0.3, 0.4) is 0 Å². The zero-order valence-corrected chi connectivity index (χ0v) is 10.2. The van der Waals surface area contributed by atoms with Crippen LogP contribution in [0.2, 0.25) is 0 Å². The Morgan fingerprint density at radius 2 is 2.06 bits per heavy atom. The van der Waals surface area contributed by atoms with Crippen molar-refractivity contribution in [3.8, 4) is 11.8 Å². The number of carbonyl (C=O) groups is 1. The number of nitriles is 1. The summed E-state index contributed by atoms with van der Waals surface area (Å²) >= 11 is 0. The van der Waals surface area contributed by atoms with Crippen molar-refractivity contribution in [3.05, 3.63) is 24.3 Å². The molecule has 0 aromatic heterocycles. The molecule has 1 amide bonds. The van der Waals surface area contributed by atoms with E-state index in [0.29, 0.717) is 18.7 Å². The smallest absolute Gasteiger partial charge is 0.224 e. The number of nitrogens with zero attached hydrogens (tertiary/aromatic N) is 1. The van der Waals surface area contributed by atoms with Gasteiger partial charge < -0.3 is 15.8 Å². The second-order valence-corrected chi connectivity index (χ2v) is 3.77. The minimum atomic E-state index is -0.0193. The molecule has 0 aliphatic carbocycles. The van der Waals surface area contributed by atoms with E-state index in [0.717, 1.165) is 18.5 Å². The van der Waals surface area contributed by atoms with Crippen LogP contribution in [0.15, 0.2) is 24.3 Å². The van der Waals surface area contributed by atoms with Crippen LogP contribution in [0.4, 0.5) is 5.69 Å². The third kappa shape index (κ3) is 5.32. The fraction of sp³-hybridized carbons (Fsp3) is 0.385. The molecule has 1 rings (SSSR count). The Kier molecular flexibility index (Phi) is 6.30. The van der Waals surface area contributed by atoms with Crippen molar-refractivity contribution in [2.75, 3.05) is 18.5 Å². The summed E-state index contributed by atoms with van der Waals surface area (Å²) in [5, 5.41) is 11.1. The van der Waals surface area contributed by atoms with E-state index in [2.05, 4.69) is 5.32 Å². The molecule has 3 N–H and O–H groups in total. The lowest BCUT2D eigenvalue weighted by atomic mass is 10.2. The first-order valence-electron chi connectivity index (χ1n) is 5.86. The number of unbranched alkanes of at least 4 members (excludes halogenated alkanes) is 1. The van der Waals surface area contributed by atoms with E-state index in [-0.39, 0.29) is 12.5 Å². The monoisotopic (exact) mass is 247 g/mol. The largest absolute Gasteiger partial charge is 0.479 e. The van der Waals surface area contributed by atoms with Gasteiger partial charge >= 0.3 is 0 Å². The first kappa shape index (κ1) is 14.0. The van der Waals surface area contributed by atoms with Crippen molar-refractivity contribution in [2.45, 2.75) is 19.3 Å². The Bertz CT molecular complexity index is 409. The molecule has 0 spiro atoms. The van der Waals surface area contributed by atoms with Gasteiger partial charge in [-0.2, -0.15) is 5.26 Å². The highest BCUT2D eigenvalue weighted by Gasteiger charge is 2.02. The molecule has 0 bridgehead atoms. The maximum Gasteiger partial charge on any atom is 0.224 e. The number of anilines is 1. The summed E-state index contributed by atoms with van der Waals surface area (Å²) in [5.74, 6) is 0.590. The maximum atomic E-state index is 11.5. The summed E-state index contributed by atoms with van der Waals surface area (Å²) < 4.78 is 5.11. The highest BCUT2D eigenvalue weighted by atomic mass is 16.5. The second kappa shape index (κ2) is 8.09. The average molecular weight is 247 g/mol. The number of carbonyl (C=O) groups excluding carboxylic acids is 1. The third-order valence-corrected chi connectivity index (χ3v) is 2.30. The molecular formula is C13H17N3O2. The molecule has 96 valence electrons. The number of nitrogens with two attached hydrogens (primary N) is 1. The number of hydrogen-bond acceptors (Lipinski definition) is 4. The Balaban J connectivity index is 2.38. The number of hydrogen-bond donors (Lipinski definition) is 2. The van der Waals surface area contributed by atoms with Crippen LogP contribution in [-0.2, 0) is 4.79 Å². The van der Waals surface area contributed by atoms with Crippen LogP contribution in [0.1, 0.15) is 19.3 Å². The van der Waals surface area contributed by atoms with Gasteiger partial charge in [0, 0.05) is 12.1 Å². The van der Waals surface area contributed by atoms with Gasteiger partial charge in [0.1, 0.15) is 11.8 Å². The van der Waals surface area contributed by atoms with E-state index in [9.17, 15) is 4.79 Å². The van der Waals surface area contributed by atoms with Gasteiger partial charge in [0.15, 0.2) is 6.61 Å². The molecule has 0 saturated heterocycles. The van der Waals surface area contributed by atoms with Crippen molar-refractivity contribution < 1.29 is 9.53 Å². The first-order valence-corrected chi connectivity index (χ1v) is 5.86. The molecule has 1 aromatic carbocycles. The highest BCUT2D eigenvalue weighted by Crippen LogP contribution is 2.15. The van der Waals surface area contributed by atoms with Gasteiger partial charge in [-0.05, 0) is 43.7 Å². The predicted octanol–water partition coefficient (Wildman–Crippen LogP) is 1.66. The van der Waals surface area contributed by atoms with E-state index in [4.69, 9.17) is 15.7 Å². The van der Waals surface area contributed by atoms with E-state index < -0.39 is 0 Å². The van der Waals surface area contributed by atoms with E-state index in [1.54, 1.807) is 24.3 Å².